The second-order valence-corrected chi connectivity index (χ2v) is 10.3. The summed E-state index contributed by atoms with van der Waals surface area (Å²) in [6.07, 6.45) is 4.38. The van der Waals surface area contributed by atoms with E-state index >= 15 is 0 Å². The molecule has 164 valence electrons. The molecule has 0 aliphatic carbocycles. The molecule has 1 aromatic heterocycles. The standard InChI is InChI=1S/C23H27N3O4S/c1-16(2)30-23(27)25-12-10-20(11-13-25)26-22-9-6-18(14-19(22)15-24-26)17-4-7-21(8-5-17)31(3,28)29/h4-9,14-16,20H,10-13H2,1-3H3. The summed E-state index contributed by atoms with van der Waals surface area (Å²) in [6.45, 7) is 5.02. The SMILES string of the molecule is CC(C)OC(=O)N1CCC(n2ncc3cc(-c4ccc(S(C)(=O)=O)cc4)ccc32)CC1. The third kappa shape index (κ3) is 4.58. The highest BCUT2D eigenvalue weighted by Gasteiger charge is 2.26. The average molecular weight is 442 g/mol. The molecule has 1 fully saturated rings. The Morgan fingerprint density at radius 3 is 2.32 bits per heavy atom. The molecule has 1 saturated heterocycles. The molecule has 3 aromatic rings. The van der Waals surface area contributed by atoms with Gasteiger partial charge in [-0.2, -0.15) is 5.10 Å². The maximum Gasteiger partial charge on any atom is 0.410 e. The van der Waals surface area contributed by atoms with E-state index in [1.807, 2.05) is 38.2 Å². The number of nitrogens with zero attached hydrogens (tertiary/aromatic N) is 3. The number of carbonyl (C=O) groups is 1. The van der Waals surface area contributed by atoms with Gasteiger partial charge in [0, 0.05) is 24.7 Å². The van der Waals surface area contributed by atoms with Gasteiger partial charge in [0.1, 0.15) is 0 Å². The Balaban J connectivity index is 1.50. The van der Waals surface area contributed by atoms with Crippen molar-refractivity contribution in [2.24, 2.45) is 0 Å². The Morgan fingerprint density at radius 1 is 1.06 bits per heavy atom. The molecular formula is C23H27N3O4S. The van der Waals surface area contributed by atoms with Crippen LogP contribution in [0.3, 0.4) is 0 Å². The highest BCUT2D eigenvalue weighted by Crippen LogP contribution is 2.30. The molecule has 1 aliphatic heterocycles. The normalized spacial score (nSPS) is 15.5. The van der Waals surface area contributed by atoms with Gasteiger partial charge in [-0.05, 0) is 62.1 Å². The number of amides is 1. The fourth-order valence-corrected chi connectivity index (χ4v) is 4.62. The van der Waals surface area contributed by atoms with E-state index in [1.165, 1.54) is 6.26 Å². The summed E-state index contributed by atoms with van der Waals surface area (Å²) < 4.78 is 30.7. The van der Waals surface area contributed by atoms with E-state index in [0.29, 0.717) is 18.0 Å². The van der Waals surface area contributed by atoms with Crippen molar-refractivity contribution in [2.75, 3.05) is 19.3 Å². The predicted molar refractivity (Wildman–Crippen MR) is 120 cm³/mol. The van der Waals surface area contributed by atoms with E-state index in [1.54, 1.807) is 17.0 Å². The van der Waals surface area contributed by atoms with Crippen molar-refractivity contribution in [3.05, 3.63) is 48.7 Å². The number of piperidine rings is 1. The molecular weight excluding hydrogens is 414 g/mol. The summed E-state index contributed by atoms with van der Waals surface area (Å²) in [7, 11) is -3.21. The van der Waals surface area contributed by atoms with Crippen LogP contribution in [0.5, 0.6) is 0 Å². The molecule has 31 heavy (non-hydrogen) atoms. The second kappa shape index (κ2) is 8.34. The zero-order valence-electron chi connectivity index (χ0n) is 18.0. The van der Waals surface area contributed by atoms with Gasteiger partial charge in [0.15, 0.2) is 9.84 Å². The van der Waals surface area contributed by atoms with Crippen molar-refractivity contribution in [1.82, 2.24) is 14.7 Å². The van der Waals surface area contributed by atoms with Crippen LogP contribution in [-0.4, -0.2) is 54.6 Å². The highest BCUT2D eigenvalue weighted by molar-refractivity contribution is 7.90. The van der Waals surface area contributed by atoms with Gasteiger partial charge in [0.25, 0.3) is 0 Å². The Bertz CT molecular complexity index is 1190. The van der Waals surface area contributed by atoms with Crippen molar-refractivity contribution in [3.8, 4) is 11.1 Å². The molecule has 0 atom stereocenters. The van der Waals surface area contributed by atoms with Crippen LogP contribution in [0.4, 0.5) is 4.79 Å². The lowest BCUT2D eigenvalue weighted by Crippen LogP contribution is -2.40. The van der Waals surface area contributed by atoms with Crippen molar-refractivity contribution >= 4 is 26.8 Å². The fourth-order valence-electron chi connectivity index (χ4n) is 3.99. The topological polar surface area (TPSA) is 81.5 Å². The number of sulfone groups is 1. The molecule has 1 aliphatic rings. The number of fused-ring (bicyclic) bond motifs is 1. The molecule has 1 amide bonds. The first-order valence-corrected chi connectivity index (χ1v) is 12.3. The molecule has 0 N–H and O–H groups in total. The third-order valence-electron chi connectivity index (χ3n) is 5.62. The largest absolute Gasteiger partial charge is 0.447 e. The van der Waals surface area contributed by atoms with Crippen molar-refractivity contribution in [2.45, 2.75) is 43.7 Å². The quantitative estimate of drug-likeness (QED) is 0.603. The number of rotatable bonds is 4. The molecule has 8 heteroatoms. The second-order valence-electron chi connectivity index (χ2n) is 8.31. The summed E-state index contributed by atoms with van der Waals surface area (Å²) in [4.78, 5) is 14.2. The Hall–Kier alpha value is -2.87. The summed E-state index contributed by atoms with van der Waals surface area (Å²) >= 11 is 0. The smallest absolute Gasteiger partial charge is 0.410 e. The summed E-state index contributed by atoms with van der Waals surface area (Å²) in [5.74, 6) is 0. The minimum absolute atomic E-state index is 0.114. The van der Waals surface area contributed by atoms with E-state index < -0.39 is 9.84 Å². The zero-order chi connectivity index (χ0) is 22.2. The zero-order valence-corrected chi connectivity index (χ0v) is 18.8. The molecule has 0 radical (unpaired) electrons. The number of carbonyl (C=O) groups excluding carboxylic acids is 1. The summed E-state index contributed by atoms with van der Waals surface area (Å²) in [6, 6.07) is 13.3. The van der Waals surface area contributed by atoms with Gasteiger partial charge in [0.05, 0.1) is 28.8 Å². The van der Waals surface area contributed by atoms with Gasteiger partial charge in [0.2, 0.25) is 0 Å². The Kier molecular flexibility index (Phi) is 5.75. The first kappa shape index (κ1) is 21.4. The van der Waals surface area contributed by atoms with Gasteiger partial charge in [-0.1, -0.05) is 18.2 Å². The first-order valence-electron chi connectivity index (χ1n) is 10.5. The summed E-state index contributed by atoms with van der Waals surface area (Å²) in [5.41, 5.74) is 3.03. The minimum atomic E-state index is -3.21. The molecule has 4 rings (SSSR count). The van der Waals surface area contributed by atoms with Crippen molar-refractivity contribution < 1.29 is 17.9 Å². The number of aromatic nitrogens is 2. The Labute approximate surface area is 182 Å². The lowest BCUT2D eigenvalue weighted by Gasteiger charge is -2.32. The number of benzene rings is 2. The number of likely N-dealkylation sites (tertiary alicyclic amines) is 1. The fraction of sp³-hybridized carbons (Fsp3) is 0.391. The summed E-state index contributed by atoms with van der Waals surface area (Å²) in [5, 5.41) is 5.65. The van der Waals surface area contributed by atoms with Crippen LogP contribution in [-0.2, 0) is 14.6 Å². The van der Waals surface area contributed by atoms with Crippen molar-refractivity contribution in [3.63, 3.8) is 0 Å². The molecule has 2 heterocycles. The molecule has 7 nitrogen and oxygen atoms in total. The van der Waals surface area contributed by atoms with Gasteiger partial charge in [-0.25, -0.2) is 13.2 Å². The lowest BCUT2D eigenvalue weighted by molar-refractivity contribution is 0.0656. The van der Waals surface area contributed by atoms with E-state index in [4.69, 9.17) is 4.74 Å². The van der Waals surface area contributed by atoms with Crippen LogP contribution >= 0.6 is 0 Å². The average Bonchev–Trinajstić information content (AvgIpc) is 3.16. The molecule has 0 spiro atoms. The van der Waals surface area contributed by atoms with Gasteiger partial charge in [-0.3, -0.25) is 4.68 Å². The maximum atomic E-state index is 12.1. The predicted octanol–water partition coefficient (Wildman–Crippen LogP) is 4.29. The molecule has 2 aromatic carbocycles. The molecule has 0 saturated carbocycles. The van der Waals surface area contributed by atoms with Crippen LogP contribution in [0.2, 0.25) is 0 Å². The molecule has 0 unspecified atom stereocenters. The van der Waals surface area contributed by atoms with Crippen LogP contribution in [0.15, 0.2) is 53.6 Å². The minimum Gasteiger partial charge on any atom is -0.447 e. The number of ether oxygens (including phenoxy) is 1. The number of hydrogen-bond donors (Lipinski definition) is 0. The van der Waals surface area contributed by atoms with Crippen LogP contribution in [0.25, 0.3) is 22.0 Å². The van der Waals surface area contributed by atoms with E-state index in [2.05, 4.69) is 21.9 Å². The van der Waals surface area contributed by atoms with Crippen LogP contribution in [0, 0.1) is 0 Å². The van der Waals surface area contributed by atoms with E-state index in [-0.39, 0.29) is 18.2 Å². The highest BCUT2D eigenvalue weighted by atomic mass is 32.2. The first-order chi connectivity index (χ1) is 14.7. The Morgan fingerprint density at radius 2 is 1.71 bits per heavy atom. The van der Waals surface area contributed by atoms with E-state index in [0.717, 1.165) is 34.9 Å². The maximum absolute atomic E-state index is 12.1. The third-order valence-corrected chi connectivity index (χ3v) is 6.74. The van der Waals surface area contributed by atoms with Crippen molar-refractivity contribution in [1.29, 1.82) is 0 Å². The number of hydrogen-bond acceptors (Lipinski definition) is 5. The van der Waals surface area contributed by atoms with Gasteiger partial charge in [-0.15, -0.1) is 0 Å². The monoisotopic (exact) mass is 441 g/mol. The lowest BCUT2D eigenvalue weighted by atomic mass is 10.0. The van der Waals surface area contributed by atoms with Gasteiger partial charge >= 0.3 is 6.09 Å². The van der Waals surface area contributed by atoms with Crippen LogP contribution < -0.4 is 0 Å². The van der Waals surface area contributed by atoms with E-state index in [9.17, 15) is 13.2 Å². The van der Waals surface area contributed by atoms with Gasteiger partial charge < -0.3 is 9.64 Å². The van der Waals surface area contributed by atoms with Crippen LogP contribution in [0.1, 0.15) is 32.7 Å². The molecule has 0 bridgehead atoms.